The minimum Gasteiger partial charge on any atom is -0.356 e. The van der Waals surface area contributed by atoms with Gasteiger partial charge in [0.25, 0.3) is 0 Å². The zero-order valence-corrected chi connectivity index (χ0v) is 14.1. The molecule has 1 heterocycles. The molecule has 0 bridgehead atoms. The fraction of sp³-hybridized carbons (Fsp3) is 0.556. The molecule has 4 nitrogen and oxygen atoms in total. The Kier molecular flexibility index (Phi) is 5.39. The second-order valence-corrected chi connectivity index (χ2v) is 7.10. The lowest BCUT2D eigenvalue weighted by Crippen LogP contribution is -2.43. The highest BCUT2D eigenvalue weighted by molar-refractivity contribution is 5.89. The molecule has 2 amide bonds. The fourth-order valence-electron chi connectivity index (χ4n) is 2.83. The van der Waals surface area contributed by atoms with E-state index in [-0.39, 0.29) is 29.1 Å². The Bertz CT molecular complexity index is 563. The van der Waals surface area contributed by atoms with Crippen molar-refractivity contribution in [3.05, 3.63) is 35.6 Å². The van der Waals surface area contributed by atoms with Gasteiger partial charge in [-0.1, -0.05) is 12.1 Å². The Morgan fingerprint density at radius 2 is 1.96 bits per heavy atom. The van der Waals surface area contributed by atoms with Crippen LogP contribution < -0.4 is 5.32 Å². The minimum absolute atomic E-state index is 0.0453. The highest BCUT2D eigenvalue weighted by atomic mass is 19.1. The van der Waals surface area contributed by atoms with E-state index in [4.69, 9.17) is 0 Å². The van der Waals surface area contributed by atoms with Crippen LogP contribution in [-0.2, 0) is 16.0 Å². The number of nitrogens with zero attached hydrogens (tertiary/aromatic N) is 1. The molecule has 1 N–H and O–H groups in total. The maximum Gasteiger partial charge on any atom is 0.225 e. The first-order valence-electron chi connectivity index (χ1n) is 8.10. The van der Waals surface area contributed by atoms with Gasteiger partial charge in [-0.3, -0.25) is 9.59 Å². The van der Waals surface area contributed by atoms with Gasteiger partial charge in [-0.25, -0.2) is 4.39 Å². The molecule has 0 saturated carbocycles. The first kappa shape index (κ1) is 17.4. The van der Waals surface area contributed by atoms with E-state index in [1.165, 1.54) is 12.1 Å². The summed E-state index contributed by atoms with van der Waals surface area (Å²) in [5.41, 5.74) is 0.810. The summed E-state index contributed by atoms with van der Waals surface area (Å²) in [6.45, 7) is 7.00. The molecule has 1 aliphatic heterocycles. The summed E-state index contributed by atoms with van der Waals surface area (Å²) in [6.07, 6.45) is 1.88. The summed E-state index contributed by atoms with van der Waals surface area (Å²) >= 11 is 0. The third-order valence-corrected chi connectivity index (χ3v) is 4.16. The Hall–Kier alpha value is -1.91. The predicted molar refractivity (Wildman–Crippen MR) is 87.3 cm³/mol. The third-order valence-electron chi connectivity index (χ3n) is 4.16. The number of benzene rings is 1. The molecule has 1 aromatic rings. The lowest BCUT2D eigenvalue weighted by Gasteiger charge is -2.31. The van der Waals surface area contributed by atoms with Crippen molar-refractivity contribution in [3.8, 4) is 0 Å². The van der Waals surface area contributed by atoms with Crippen molar-refractivity contribution in [2.24, 2.45) is 5.92 Å². The maximum absolute atomic E-state index is 12.8. The molecule has 1 aliphatic rings. The molecular formula is C18H25FN2O2. The molecule has 0 radical (unpaired) electrons. The quantitative estimate of drug-likeness (QED) is 0.848. The van der Waals surface area contributed by atoms with Gasteiger partial charge >= 0.3 is 0 Å². The van der Waals surface area contributed by atoms with Gasteiger partial charge in [-0.15, -0.1) is 0 Å². The summed E-state index contributed by atoms with van der Waals surface area (Å²) in [5.74, 6) is -0.503. The Balaban J connectivity index is 1.73. The van der Waals surface area contributed by atoms with E-state index in [0.717, 1.165) is 18.4 Å². The van der Waals surface area contributed by atoms with Gasteiger partial charge < -0.3 is 10.2 Å². The number of aryl methyl sites for hydroxylation is 1. The Morgan fingerprint density at radius 3 is 2.52 bits per heavy atom. The van der Waals surface area contributed by atoms with Gasteiger partial charge in [-0.2, -0.15) is 0 Å². The molecule has 0 unspecified atom stereocenters. The standard InChI is InChI=1S/C18H25FN2O2/c1-18(2,3)21-12-14(11-16(21)22)17(23)20-10-4-5-13-6-8-15(19)9-7-13/h6-9,14H,4-5,10-12H2,1-3H3,(H,20,23)/t14-/m0/s1. The van der Waals surface area contributed by atoms with Crippen LogP contribution in [0.5, 0.6) is 0 Å². The fourth-order valence-corrected chi connectivity index (χ4v) is 2.83. The van der Waals surface area contributed by atoms with E-state index in [2.05, 4.69) is 5.32 Å². The van der Waals surface area contributed by atoms with E-state index in [1.54, 1.807) is 17.0 Å². The number of carbonyl (C=O) groups is 2. The van der Waals surface area contributed by atoms with Crippen molar-refractivity contribution in [1.29, 1.82) is 0 Å². The van der Waals surface area contributed by atoms with Crippen LogP contribution in [0.25, 0.3) is 0 Å². The van der Waals surface area contributed by atoms with Crippen LogP contribution in [0.4, 0.5) is 4.39 Å². The Labute approximate surface area is 137 Å². The second kappa shape index (κ2) is 7.11. The van der Waals surface area contributed by atoms with Crippen LogP contribution in [0.3, 0.4) is 0 Å². The van der Waals surface area contributed by atoms with Crippen LogP contribution in [-0.4, -0.2) is 35.3 Å². The summed E-state index contributed by atoms with van der Waals surface area (Å²) in [5, 5.41) is 2.91. The monoisotopic (exact) mass is 320 g/mol. The molecule has 1 aromatic carbocycles. The van der Waals surface area contributed by atoms with E-state index in [9.17, 15) is 14.0 Å². The van der Waals surface area contributed by atoms with Crippen LogP contribution >= 0.6 is 0 Å². The normalized spacial score (nSPS) is 18.3. The van der Waals surface area contributed by atoms with Crippen molar-refractivity contribution in [2.75, 3.05) is 13.1 Å². The molecule has 0 aromatic heterocycles. The van der Waals surface area contributed by atoms with Gasteiger partial charge in [0.1, 0.15) is 5.82 Å². The van der Waals surface area contributed by atoms with Crippen LogP contribution in [0, 0.1) is 11.7 Å². The average Bonchev–Trinajstić information content (AvgIpc) is 2.87. The molecule has 0 aliphatic carbocycles. The van der Waals surface area contributed by atoms with Gasteiger partial charge in [-0.05, 0) is 51.3 Å². The van der Waals surface area contributed by atoms with Crippen molar-refractivity contribution >= 4 is 11.8 Å². The highest BCUT2D eigenvalue weighted by Gasteiger charge is 2.39. The lowest BCUT2D eigenvalue weighted by molar-refractivity contribution is -0.132. The van der Waals surface area contributed by atoms with E-state index >= 15 is 0 Å². The molecule has 23 heavy (non-hydrogen) atoms. The summed E-state index contributed by atoms with van der Waals surface area (Å²) in [7, 11) is 0. The average molecular weight is 320 g/mol. The number of likely N-dealkylation sites (tertiary alicyclic amines) is 1. The largest absolute Gasteiger partial charge is 0.356 e. The molecular weight excluding hydrogens is 295 g/mol. The van der Waals surface area contributed by atoms with Crippen molar-refractivity contribution < 1.29 is 14.0 Å². The van der Waals surface area contributed by atoms with E-state index in [0.29, 0.717) is 19.5 Å². The van der Waals surface area contributed by atoms with Crippen molar-refractivity contribution in [3.63, 3.8) is 0 Å². The van der Waals surface area contributed by atoms with Gasteiger partial charge in [0.05, 0.1) is 5.92 Å². The van der Waals surface area contributed by atoms with Crippen LogP contribution in [0.1, 0.15) is 39.2 Å². The molecule has 5 heteroatoms. The number of carbonyl (C=O) groups excluding carboxylic acids is 2. The SMILES string of the molecule is CC(C)(C)N1C[C@@H](C(=O)NCCCc2ccc(F)cc2)CC1=O. The molecule has 1 saturated heterocycles. The topological polar surface area (TPSA) is 49.4 Å². The number of halogens is 1. The number of amides is 2. The van der Waals surface area contributed by atoms with Gasteiger partial charge in [0.2, 0.25) is 11.8 Å². The highest BCUT2D eigenvalue weighted by Crippen LogP contribution is 2.25. The number of hydrogen-bond donors (Lipinski definition) is 1. The minimum atomic E-state index is -0.257. The zero-order chi connectivity index (χ0) is 17.0. The van der Waals surface area contributed by atoms with Crippen molar-refractivity contribution in [1.82, 2.24) is 10.2 Å². The van der Waals surface area contributed by atoms with E-state index < -0.39 is 0 Å². The van der Waals surface area contributed by atoms with Crippen molar-refractivity contribution in [2.45, 2.75) is 45.6 Å². The number of nitrogens with one attached hydrogen (secondary N) is 1. The zero-order valence-electron chi connectivity index (χ0n) is 14.1. The summed E-state index contributed by atoms with van der Waals surface area (Å²) < 4.78 is 12.8. The summed E-state index contributed by atoms with van der Waals surface area (Å²) in [6, 6.07) is 6.40. The molecule has 126 valence electrons. The van der Waals surface area contributed by atoms with E-state index in [1.807, 2.05) is 20.8 Å². The number of rotatable bonds is 5. The van der Waals surface area contributed by atoms with Crippen LogP contribution in [0.15, 0.2) is 24.3 Å². The molecule has 1 atom stereocenters. The van der Waals surface area contributed by atoms with Gasteiger partial charge in [0.15, 0.2) is 0 Å². The third kappa shape index (κ3) is 4.78. The summed E-state index contributed by atoms with van der Waals surface area (Å²) in [4.78, 5) is 25.9. The smallest absolute Gasteiger partial charge is 0.225 e. The molecule has 1 fully saturated rings. The predicted octanol–water partition coefficient (Wildman–Crippen LogP) is 2.52. The second-order valence-electron chi connectivity index (χ2n) is 7.10. The maximum atomic E-state index is 12.8. The number of hydrogen-bond acceptors (Lipinski definition) is 2. The Morgan fingerprint density at radius 1 is 1.30 bits per heavy atom. The molecule has 0 spiro atoms. The first-order valence-corrected chi connectivity index (χ1v) is 8.10. The first-order chi connectivity index (χ1) is 10.8. The molecule has 2 rings (SSSR count). The van der Waals surface area contributed by atoms with Gasteiger partial charge in [0, 0.05) is 25.0 Å². The van der Waals surface area contributed by atoms with Crippen LogP contribution in [0.2, 0.25) is 0 Å². The lowest BCUT2D eigenvalue weighted by atomic mass is 10.1.